The Morgan fingerprint density at radius 2 is 2.10 bits per heavy atom. The Labute approximate surface area is 126 Å². The molecular weight excluding hydrogens is 322 g/mol. The molecule has 2 rings (SSSR count). The number of hydrogen-bond acceptors (Lipinski definition) is 2. The molecule has 1 fully saturated rings. The molecule has 1 saturated carbocycles. The lowest BCUT2D eigenvalue weighted by molar-refractivity contribution is -0.134. The molecule has 5 nitrogen and oxygen atoms in total. The summed E-state index contributed by atoms with van der Waals surface area (Å²) in [4.78, 5) is 25.1. The lowest BCUT2D eigenvalue weighted by Gasteiger charge is -2.26. The van der Waals surface area contributed by atoms with Gasteiger partial charge in [-0.2, -0.15) is 0 Å². The zero-order valence-corrected chi connectivity index (χ0v) is 12.9. The molecule has 1 unspecified atom stereocenters. The van der Waals surface area contributed by atoms with Crippen LogP contribution in [0, 0.1) is 0 Å². The van der Waals surface area contributed by atoms with Crippen LogP contribution in [0.2, 0.25) is 0 Å². The summed E-state index contributed by atoms with van der Waals surface area (Å²) in [6, 6.07) is 6.81. The van der Waals surface area contributed by atoms with Gasteiger partial charge in [0.05, 0.1) is 0 Å². The summed E-state index contributed by atoms with van der Waals surface area (Å²) >= 11 is 3.49. The molecule has 0 aliphatic heterocycles. The van der Waals surface area contributed by atoms with Crippen molar-refractivity contribution in [3.05, 3.63) is 34.3 Å². The molecule has 0 bridgehead atoms. The smallest absolute Gasteiger partial charge is 0.312 e. The van der Waals surface area contributed by atoms with Crippen LogP contribution in [0.15, 0.2) is 28.7 Å². The molecule has 0 heterocycles. The van der Waals surface area contributed by atoms with Crippen molar-refractivity contribution >= 4 is 27.9 Å². The standard InChI is InChI=1S/C14H18BrN3O2/c1-9(17-14(16)20)13(19)18(11-6-7-11)8-10-4-2-3-5-12(10)15/h2-5,9,11H,6-8H2,1H3,(H3,16,17,20). The van der Waals surface area contributed by atoms with E-state index in [2.05, 4.69) is 21.2 Å². The van der Waals surface area contributed by atoms with Gasteiger partial charge in [0, 0.05) is 17.1 Å². The van der Waals surface area contributed by atoms with E-state index >= 15 is 0 Å². The molecule has 1 atom stereocenters. The lowest BCUT2D eigenvalue weighted by Crippen LogP contribution is -2.49. The number of benzene rings is 1. The Morgan fingerprint density at radius 3 is 2.65 bits per heavy atom. The number of primary amides is 1. The molecule has 0 spiro atoms. The number of rotatable bonds is 5. The van der Waals surface area contributed by atoms with Crippen molar-refractivity contribution in [2.75, 3.05) is 0 Å². The molecule has 0 radical (unpaired) electrons. The van der Waals surface area contributed by atoms with Crippen LogP contribution in [-0.4, -0.2) is 28.9 Å². The van der Waals surface area contributed by atoms with Gasteiger partial charge in [-0.05, 0) is 31.4 Å². The maximum Gasteiger partial charge on any atom is 0.312 e. The predicted molar refractivity (Wildman–Crippen MR) is 79.9 cm³/mol. The highest BCUT2D eigenvalue weighted by Crippen LogP contribution is 2.30. The van der Waals surface area contributed by atoms with Crippen LogP contribution in [0.4, 0.5) is 4.79 Å². The summed E-state index contributed by atoms with van der Waals surface area (Å²) in [6.45, 7) is 2.19. The fourth-order valence-electron chi connectivity index (χ4n) is 2.11. The molecule has 1 aliphatic carbocycles. The molecular formula is C14H18BrN3O2. The number of halogens is 1. The van der Waals surface area contributed by atoms with Gasteiger partial charge in [0.1, 0.15) is 6.04 Å². The molecule has 6 heteroatoms. The van der Waals surface area contributed by atoms with Crippen molar-refractivity contribution in [1.82, 2.24) is 10.2 Å². The summed E-state index contributed by atoms with van der Waals surface area (Å²) in [5.41, 5.74) is 6.13. The zero-order chi connectivity index (χ0) is 14.7. The van der Waals surface area contributed by atoms with Crippen LogP contribution < -0.4 is 11.1 Å². The van der Waals surface area contributed by atoms with Crippen molar-refractivity contribution in [3.63, 3.8) is 0 Å². The number of nitrogens with two attached hydrogens (primary N) is 1. The molecule has 0 aromatic heterocycles. The minimum atomic E-state index is -0.678. The van der Waals surface area contributed by atoms with Crippen LogP contribution in [0.5, 0.6) is 0 Å². The van der Waals surface area contributed by atoms with Crippen LogP contribution in [0.1, 0.15) is 25.3 Å². The monoisotopic (exact) mass is 339 g/mol. The van der Waals surface area contributed by atoms with Gasteiger partial charge in [-0.1, -0.05) is 34.1 Å². The van der Waals surface area contributed by atoms with E-state index < -0.39 is 12.1 Å². The van der Waals surface area contributed by atoms with E-state index in [-0.39, 0.29) is 11.9 Å². The number of nitrogens with zero attached hydrogens (tertiary/aromatic N) is 1. The minimum absolute atomic E-state index is 0.0953. The van der Waals surface area contributed by atoms with Gasteiger partial charge in [0.2, 0.25) is 5.91 Å². The van der Waals surface area contributed by atoms with Crippen LogP contribution in [0.25, 0.3) is 0 Å². The maximum absolute atomic E-state index is 12.4. The molecule has 3 N–H and O–H groups in total. The van der Waals surface area contributed by atoms with E-state index in [1.54, 1.807) is 6.92 Å². The summed E-state index contributed by atoms with van der Waals surface area (Å²) in [7, 11) is 0. The molecule has 108 valence electrons. The second kappa shape index (κ2) is 6.26. The number of carbonyl (C=O) groups excluding carboxylic acids is 2. The van der Waals surface area contributed by atoms with Gasteiger partial charge in [0.25, 0.3) is 0 Å². The first-order chi connectivity index (χ1) is 9.49. The molecule has 1 aromatic rings. The van der Waals surface area contributed by atoms with Gasteiger partial charge in [-0.15, -0.1) is 0 Å². The largest absolute Gasteiger partial charge is 0.352 e. The van der Waals surface area contributed by atoms with Gasteiger partial charge < -0.3 is 16.0 Å². The summed E-state index contributed by atoms with van der Waals surface area (Å²) in [5, 5.41) is 2.44. The van der Waals surface area contributed by atoms with Crippen LogP contribution in [-0.2, 0) is 11.3 Å². The molecule has 0 saturated heterocycles. The lowest BCUT2D eigenvalue weighted by atomic mass is 10.2. The first-order valence-corrected chi connectivity index (χ1v) is 7.38. The molecule has 3 amide bonds. The quantitative estimate of drug-likeness (QED) is 0.860. The van der Waals surface area contributed by atoms with Gasteiger partial charge in [0.15, 0.2) is 0 Å². The fraction of sp³-hybridized carbons (Fsp3) is 0.429. The van der Waals surface area contributed by atoms with E-state index in [0.717, 1.165) is 22.9 Å². The third kappa shape index (κ3) is 3.72. The van der Waals surface area contributed by atoms with Gasteiger partial charge >= 0.3 is 6.03 Å². The number of nitrogens with one attached hydrogen (secondary N) is 1. The topological polar surface area (TPSA) is 75.4 Å². The van der Waals surface area contributed by atoms with Crippen molar-refractivity contribution < 1.29 is 9.59 Å². The summed E-state index contributed by atoms with van der Waals surface area (Å²) in [5.74, 6) is -0.0953. The minimum Gasteiger partial charge on any atom is -0.352 e. The highest BCUT2D eigenvalue weighted by Gasteiger charge is 2.35. The summed E-state index contributed by atoms with van der Waals surface area (Å²) in [6.07, 6.45) is 2.03. The SMILES string of the molecule is CC(NC(N)=O)C(=O)N(Cc1ccccc1Br)C1CC1. The highest BCUT2D eigenvalue weighted by molar-refractivity contribution is 9.10. The van der Waals surface area contributed by atoms with Crippen LogP contribution >= 0.6 is 15.9 Å². The van der Waals surface area contributed by atoms with Crippen molar-refractivity contribution in [2.24, 2.45) is 5.73 Å². The Bertz CT molecular complexity index is 517. The number of carbonyl (C=O) groups is 2. The number of amides is 3. The molecule has 20 heavy (non-hydrogen) atoms. The third-order valence-electron chi connectivity index (χ3n) is 3.30. The average Bonchev–Trinajstić information content (AvgIpc) is 3.20. The first-order valence-electron chi connectivity index (χ1n) is 6.59. The van der Waals surface area contributed by atoms with Gasteiger partial charge in [-0.25, -0.2) is 4.79 Å². The number of hydrogen-bond donors (Lipinski definition) is 2. The maximum atomic E-state index is 12.4. The van der Waals surface area contributed by atoms with Crippen molar-refractivity contribution in [1.29, 1.82) is 0 Å². The summed E-state index contributed by atoms with van der Waals surface area (Å²) < 4.78 is 0.981. The predicted octanol–water partition coefficient (Wildman–Crippen LogP) is 2.00. The van der Waals surface area contributed by atoms with E-state index in [0.29, 0.717) is 6.54 Å². The second-order valence-electron chi connectivity index (χ2n) is 5.02. The Morgan fingerprint density at radius 1 is 1.45 bits per heavy atom. The van der Waals surface area contributed by atoms with Crippen molar-refractivity contribution in [3.8, 4) is 0 Å². The second-order valence-corrected chi connectivity index (χ2v) is 5.87. The average molecular weight is 340 g/mol. The van der Waals surface area contributed by atoms with E-state index in [1.807, 2.05) is 29.2 Å². The first kappa shape index (κ1) is 14.8. The zero-order valence-electron chi connectivity index (χ0n) is 11.3. The van der Waals surface area contributed by atoms with Gasteiger partial charge in [-0.3, -0.25) is 4.79 Å². The highest BCUT2D eigenvalue weighted by atomic mass is 79.9. The number of urea groups is 1. The Balaban J connectivity index is 2.09. The normalized spacial score (nSPS) is 15.5. The van der Waals surface area contributed by atoms with Crippen molar-refractivity contribution in [2.45, 2.75) is 38.4 Å². The Hall–Kier alpha value is -1.56. The van der Waals surface area contributed by atoms with Crippen LogP contribution in [0.3, 0.4) is 0 Å². The van der Waals surface area contributed by atoms with E-state index in [4.69, 9.17) is 5.73 Å². The molecule has 1 aliphatic rings. The van der Waals surface area contributed by atoms with E-state index in [9.17, 15) is 9.59 Å². The molecule has 1 aromatic carbocycles. The Kier molecular flexibility index (Phi) is 4.65. The fourth-order valence-corrected chi connectivity index (χ4v) is 2.52. The van der Waals surface area contributed by atoms with E-state index in [1.165, 1.54) is 0 Å². The third-order valence-corrected chi connectivity index (χ3v) is 4.07.